The van der Waals surface area contributed by atoms with Crippen LogP contribution in [0.2, 0.25) is 0 Å². The number of para-hydroxylation sites is 4. The number of rotatable bonds is 0. The molecule has 0 fully saturated rings. The third-order valence-electron chi connectivity index (χ3n) is 3.08. The molecule has 0 aromatic heterocycles. The quantitative estimate of drug-likeness (QED) is 0.741. The summed E-state index contributed by atoms with van der Waals surface area (Å²) in [7, 11) is 0. The molecule has 0 radical (unpaired) electrons. The first-order valence-electron chi connectivity index (χ1n) is 7.03. The van der Waals surface area contributed by atoms with Gasteiger partial charge < -0.3 is 10.6 Å². The van der Waals surface area contributed by atoms with Crippen molar-refractivity contribution in [3.63, 3.8) is 0 Å². The Morgan fingerprint density at radius 3 is 1.55 bits per heavy atom. The van der Waals surface area contributed by atoms with E-state index >= 15 is 0 Å². The number of benzene rings is 2. The first kappa shape index (κ1) is 13.8. The molecule has 3 rings (SSSR count). The highest BCUT2D eigenvalue weighted by atomic mass is 14.9. The summed E-state index contributed by atoms with van der Waals surface area (Å²) >= 11 is 0. The lowest BCUT2D eigenvalue weighted by Gasteiger charge is -2.05. The van der Waals surface area contributed by atoms with Crippen molar-refractivity contribution in [3.8, 4) is 0 Å². The van der Waals surface area contributed by atoms with E-state index in [1.54, 1.807) is 12.4 Å². The van der Waals surface area contributed by atoms with Gasteiger partial charge in [0.05, 0.1) is 22.7 Å². The highest BCUT2D eigenvalue weighted by molar-refractivity contribution is 5.82. The first-order valence-corrected chi connectivity index (χ1v) is 7.03. The second kappa shape index (κ2) is 7.04. The van der Waals surface area contributed by atoms with E-state index in [9.17, 15) is 0 Å². The average molecular weight is 288 g/mol. The van der Waals surface area contributed by atoms with Gasteiger partial charge in [0.2, 0.25) is 0 Å². The molecule has 1 aliphatic rings. The second-order valence-corrected chi connectivity index (χ2v) is 4.60. The standard InChI is InChI=1S/C18H16N4/c1-2-8-16-15(7-1)19-11-5-13-21-17-9-3-4-10-18(17)22-14-6-12-20-16/h1-14,19,22H/b11-5-,14-6-,20-12-,21-13-. The summed E-state index contributed by atoms with van der Waals surface area (Å²) in [5.41, 5.74) is 3.65. The van der Waals surface area contributed by atoms with Gasteiger partial charge in [0, 0.05) is 24.8 Å². The average Bonchev–Trinajstić information content (AvgIpc) is 2.56. The van der Waals surface area contributed by atoms with E-state index in [4.69, 9.17) is 0 Å². The highest BCUT2D eigenvalue weighted by Gasteiger charge is 1.97. The molecule has 0 spiro atoms. The number of aliphatic imine (C=N–C) groups is 2. The van der Waals surface area contributed by atoms with E-state index in [2.05, 4.69) is 20.6 Å². The largest absolute Gasteiger partial charge is 0.360 e. The van der Waals surface area contributed by atoms with E-state index < -0.39 is 0 Å². The Morgan fingerprint density at radius 1 is 0.591 bits per heavy atom. The molecule has 0 amide bonds. The van der Waals surface area contributed by atoms with E-state index in [1.165, 1.54) is 0 Å². The number of anilines is 2. The summed E-state index contributed by atoms with van der Waals surface area (Å²) < 4.78 is 0. The number of hydrogen-bond acceptors (Lipinski definition) is 4. The lowest BCUT2D eigenvalue weighted by Crippen LogP contribution is -1.90. The number of nitrogens with zero attached hydrogens (tertiary/aromatic N) is 2. The minimum atomic E-state index is 0.881. The Bertz CT molecular complexity index is 692. The van der Waals surface area contributed by atoms with Gasteiger partial charge in [0.1, 0.15) is 0 Å². The van der Waals surface area contributed by atoms with E-state index in [-0.39, 0.29) is 0 Å². The van der Waals surface area contributed by atoms with Crippen molar-refractivity contribution in [3.05, 3.63) is 73.1 Å². The minimum absolute atomic E-state index is 0.881. The summed E-state index contributed by atoms with van der Waals surface area (Å²) in [6.07, 6.45) is 10.9. The van der Waals surface area contributed by atoms with Gasteiger partial charge in [-0.2, -0.15) is 0 Å². The van der Waals surface area contributed by atoms with E-state index in [0.29, 0.717) is 0 Å². The Balaban J connectivity index is 1.92. The maximum Gasteiger partial charge on any atom is 0.0864 e. The molecule has 108 valence electrons. The molecular formula is C18H16N4. The number of allylic oxidation sites excluding steroid dienone is 2. The van der Waals surface area contributed by atoms with Gasteiger partial charge >= 0.3 is 0 Å². The molecule has 1 aliphatic heterocycles. The smallest absolute Gasteiger partial charge is 0.0864 e. The number of hydrogen-bond donors (Lipinski definition) is 2. The molecule has 2 aromatic rings. The molecule has 0 saturated carbocycles. The SMILES string of the molecule is C1=C\Nc2ccccc2/N=C\C=C/Nc2ccccc2\N=C/1. The van der Waals surface area contributed by atoms with Crippen LogP contribution < -0.4 is 10.6 Å². The van der Waals surface area contributed by atoms with E-state index in [0.717, 1.165) is 22.7 Å². The van der Waals surface area contributed by atoms with Crippen molar-refractivity contribution in [2.75, 3.05) is 10.6 Å². The first-order chi connectivity index (χ1) is 10.9. The van der Waals surface area contributed by atoms with E-state index in [1.807, 2.05) is 73.1 Å². The monoisotopic (exact) mass is 288 g/mol. The fourth-order valence-corrected chi connectivity index (χ4v) is 2.03. The lowest BCUT2D eigenvalue weighted by atomic mass is 10.2. The van der Waals surface area contributed by atoms with Crippen LogP contribution in [0.3, 0.4) is 0 Å². The van der Waals surface area contributed by atoms with Crippen molar-refractivity contribution in [2.45, 2.75) is 0 Å². The maximum absolute atomic E-state index is 4.45. The Morgan fingerprint density at radius 2 is 1.05 bits per heavy atom. The number of fused-ring (bicyclic) bond motifs is 2. The zero-order valence-corrected chi connectivity index (χ0v) is 12.0. The van der Waals surface area contributed by atoms with Crippen LogP contribution in [-0.2, 0) is 0 Å². The van der Waals surface area contributed by atoms with Crippen LogP contribution in [0.1, 0.15) is 0 Å². The molecule has 0 saturated heterocycles. The molecule has 4 heteroatoms. The topological polar surface area (TPSA) is 48.8 Å². The van der Waals surface area contributed by atoms with Gasteiger partial charge in [-0.15, -0.1) is 0 Å². The van der Waals surface area contributed by atoms with Crippen LogP contribution in [0.4, 0.5) is 22.7 Å². The maximum atomic E-state index is 4.45. The summed E-state index contributed by atoms with van der Waals surface area (Å²) in [6, 6.07) is 15.8. The van der Waals surface area contributed by atoms with Gasteiger partial charge in [-0.1, -0.05) is 24.3 Å². The van der Waals surface area contributed by atoms with Crippen molar-refractivity contribution in [2.24, 2.45) is 9.98 Å². The summed E-state index contributed by atoms with van der Waals surface area (Å²) in [5, 5.41) is 6.43. The second-order valence-electron chi connectivity index (χ2n) is 4.60. The lowest BCUT2D eigenvalue weighted by molar-refractivity contribution is 1.48. The van der Waals surface area contributed by atoms with Crippen LogP contribution in [0.25, 0.3) is 0 Å². The molecule has 2 N–H and O–H groups in total. The molecule has 0 bridgehead atoms. The molecule has 22 heavy (non-hydrogen) atoms. The molecule has 0 unspecified atom stereocenters. The third kappa shape index (κ3) is 3.49. The van der Waals surface area contributed by atoms with Gasteiger partial charge in [-0.05, 0) is 36.4 Å². The van der Waals surface area contributed by atoms with Gasteiger partial charge in [-0.25, -0.2) is 0 Å². The summed E-state index contributed by atoms with van der Waals surface area (Å²) in [4.78, 5) is 8.90. The van der Waals surface area contributed by atoms with Crippen LogP contribution in [-0.4, -0.2) is 12.4 Å². The Hall–Kier alpha value is -3.14. The molecule has 0 atom stereocenters. The third-order valence-corrected chi connectivity index (χ3v) is 3.08. The van der Waals surface area contributed by atoms with Gasteiger partial charge in [0.15, 0.2) is 0 Å². The fraction of sp³-hybridized carbons (Fsp3) is 0. The minimum Gasteiger partial charge on any atom is -0.360 e. The molecule has 1 heterocycles. The summed E-state index contributed by atoms with van der Waals surface area (Å²) in [5.74, 6) is 0. The van der Waals surface area contributed by atoms with Crippen LogP contribution >= 0.6 is 0 Å². The van der Waals surface area contributed by atoms with Gasteiger partial charge in [-0.3, -0.25) is 9.98 Å². The van der Waals surface area contributed by atoms with Crippen molar-refractivity contribution in [1.29, 1.82) is 0 Å². The zero-order valence-electron chi connectivity index (χ0n) is 12.0. The highest BCUT2D eigenvalue weighted by Crippen LogP contribution is 2.25. The normalized spacial score (nSPS) is 19.3. The predicted octanol–water partition coefficient (Wildman–Crippen LogP) is 4.66. The fourth-order valence-electron chi connectivity index (χ4n) is 2.03. The molecule has 0 aliphatic carbocycles. The molecule has 2 aromatic carbocycles. The van der Waals surface area contributed by atoms with Crippen LogP contribution in [0, 0.1) is 0 Å². The molecular weight excluding hydrogens is 272 g/mol. The van der Waals surface area contributed by atoms with Crippen LogP contribution in [0.5, 0.6) is 0 Å². The van der Waals surface area contributed by atoms with Crippen LogP contribution in [0.15, 0.2) is 83.1 Å². The van der Waals surface area contributed by atoms with Crippen molar-refractivity contribution < 1.29 is 0 Å². The zero-order chi connectivity index (χ0) is 15.0. The Labute approximate surface area is 129 Å². The Kier molecular flexibility index (Phi) is 4.42. The van der Waals surface area contributed by atoms with Gasteiger partial charge in [0.25, 0.3) is 0 Å². The van der Waals surface area contributed by atoms with Crippen molar-refractivity contribution in [1.82, 2.24) is 0 Å². The summed E-state index contributed by atoms with van der Waals surface area (Å²) in [6.45, 7) is 0. The predicted molar refractivity (Wildman–Crippen MR) is 94.7 cm³/mol. The number of nitrogens with one attached hydrogen (secondary N) is 2. The van der Waals surface area contributed by atoms with Crippen molar-refractivity contribution >= 4 is 35.2 Å². The molecule has 4 nitrogen and oxygen atoms in total.